The van der Waals surface area contributed by atoms with Gasteiger partial charge in [0.15, 0.2) is 0 Å². The minimum absolute atomic E-state index is 0.629. The molecule has 0 radical (unpaired) electrons. The molecule has 1 unspecified atom stereocenters. The van der Waals surface area contributed by atoms with Crippen LogP contribution in [0.25, 0.3) is 0 Å². The highest BCUT2D eigenvalue weighted by atomic mass is 14.9. The molecule has 1 aliphatic rings. The molecule has 2 rings (SSSR count). The van der Waals surface area contributed by atoms with Crippen LogP contribution in [0.15, 0.2) is 24.3 Å². The first-order valence-corrected chi connectivity index (χ1v) is 7.92. The molecule has 1 aromatic rings. The molecule has 106 valence electrons. The number of hydrogen-bond acceptors (Lipinski definition) is 1. The molecule has 0 bridgehead atoms. The molecular weight excluding hydrogens is 230 g/mol. The van der Waals surface area contributed by atoms with Gasteiger partial charge in [0.1, 0.15) is 0 Å². The molecule has 0 aliphatic heterocycles. The van der Waals surface area contributed by atoms with E-state index in [9.17, 15) is 0 Å². The van der Waals surface area contributed by atoms with Gasteiger partial charge in [-0.1, -0.05) is 43.2 Å². The van der Waals surface area contributed by atoms with Crippen LogP contribution in [-0.4, -0.2) is 12.6 Å². The lowest BCUT2D eigenvalue weighted by Gasteiger charge is -2.42. The quantitative estimate of drug-likeness (QED) is 0.761. The van der Waals surface area contributed by atoms with Crippen molar-refractivity contribution in [2.45, 2.75) is 65.3 Å². The fourth-order valence-electron chi connectivity index (χ4n) is 3.08. The van der Waals surface area contributed by atoms with Gasteiger partial charge in [0.25, 0.3) is 0 Å². The second-order valence-corrected chi connectivity index (χ2v) is 6.52. The number of hydrogen-bond donors (Lipinski definition) is 1. The first-order chi connectivity index (χ1) is 9.13. The summed E-state index contributed by atoms with van der Waals surface area (Å²) in [5.74, 6) is 0. The SMILES string of the molecule is CCC1(CNC(C)CCc2cccc(C)c2)CCC1. The van der Waals surface area contributed by atoms with Crippen molar-refractivity contribution in [1.82, 2.24) is 5.32 Å². The second kappa shape index (κ2) is 6.56. The van der Waals surface area contributed by atoms with Crippen LogP contribution in [0.4, 0.5) is 0 Å². The summed E-state index contributed by atoms with van der Waals surface area (Å²) in [5.41, 5.74) is 3.48. The minimum Gasteiger partial charge on any atom is -0.314 e. The monoisotopic (exact) mass is 259 g/mol. The van der Waals surface area contributed by atoms with Gasteiger partial charge < -0.3 is 5.32 Å². The molecular formula is C18H29N. The van der Waals surface area contributed by atoms with Crippen molar-refractivity contribution in [3.8, 4) is 0 Å². The molecule has 1 fully saturated rings. The molecule has 19 heavy (non-hydrogen) atoms. The molecule has 1 saturated carbocycles. The largest absolute Gasteiger partial charge is 0.314 e. The summed E-state index contributed by atoms with van der Waals surface area (Å²) in [5, 5.41) is 3.76. The highest BCUT2D eigenvalue weighted by molar-refractivity contribution is 5.22. The predicted octanol–water partition coefficient (Wildman–Crippen LogP) is 4.49. The van der Waals surface area contributed by atoms with Crippen molar-refractivity contribution in [3.63, 3.8) is 0 Å². The Labute approximate surface area is 118 Å². The van der Waals surface area contributed by atoms with Crippen LogP contribution in [0, 0.1) is 12.3 Å². The summed E-state index contributed by atoms with van der Waals surface area (Å²) in [6.07, 6.45) is 8.07. The zero-order valence-electron chi connectivity index (χ0n) is 12.8. The molecule has 0 heterocycles. The summed E-state index contributed by atoms with van der Waals surface area (Å²) in [6.45, 7) is 8.07. The lowest BCUT2D eigenvalue weighted by molar-refractivity contribution is 0.119. The van der Waals surface area contributed by atoms with E-state index in [2.05, 4.69) is 50.4 Å². The van der Waals surface area contributed by atoms with Crippen LogP contribution in [0.2, 0.25) is 0 Å². The van der Waals surface area contributed by atoms with Gasteiger partial charge in [-0.15, -0.1) is 0 Å². The molecule has 1 aliphatic carbocycles. The molecule has 1 N–H and O–H groups in total. The van der Waals surface area contributed by atoms with Crippen molar-refractivity contribution in [3.05, 3.63) is 35.4 Å². The second-order valence-electron chi connectivity index (χ2n) is 6.52. The van der Waals surface area contributed by atoms with E-state index in [0.717, 1.165) is 0 Å². The van der Waals surface area contributed by atoms with Gasteiger partial charge in [-0.2, -0.15) is 0 Å². The summed E-state index contributed by atoms with van der Waals surface area (Å²) >= 11 is 0. The molecule has 0 amide bonds. The van der Waals surface area contributed by atoms with Gasteiger partial charge in [-0.05, 0) is 56.9 Å². The van der Waals surface area contributed by atoms with E-state index in [-0.39, 0.29) is 0 Å². The molecule has 1 atom stereocenters. The van der Waals surface area contributed by atoms with E-state index in [0.29, 0.717) is 11.5 Å². The lowest BCUT2D eigenvalue weighted by Crippen LogP contribution is -2.42. The fourth-order valence-corrected chi connectivity index (χ4v) is 3.08. The summed E-state index contributed by atoms with van der Waals surface area (Å²) < 4.78 is 0. The smallest absolute Gasteiger partial charge is 0.00421 e. The average molecular weight is 259 g/mol. The summed E-state index contributed by atoms with van der Waals surface area (Å²) in [6, 6.07) is 9.53. The van der Waals surface area contributed by atoms with Crippen LogP contribution in [0.5, 0.6) is 0 Å². The maximum atomic E-state index is 3.76. The molecule has 0 spiro atoms. The third kappa shape index (κ3) is 4.07. The van der Waals surface area contributed by atoms with E-state index < -0.39 is 0 Å². The van der Waals surface area contributed by atoms with Gasteiger partial charge in [0, 0.05) is 12.6 Å². The predicted molar refractivity (Wildman–Crippen MR) is 83.5 cm³/mol. The first kappa shape index (κ1) is 14.6. The summed E-state index contributed by atoms with van der Waals surface area (Å²) in [4.78, 5) is 0. The Morgan fingerprint density at radius 2 is 2.11 bits per heavy atom. The normalized spacial score (nSPS) is 18.9. The van der Waals surface area contributed by atoms with Crippen molar-refractivity contribution < 1.29 is 0 Å². The van der Waals surface area contributed by atoms with Crippen LogP contribution in [-0.2, 0) is 6.42 Å². The number of nitrogens with one attached hydrogen (secondary N) is 1. The Morgan fingerprint density at radius 3 is 2.68 bits per heavy atom. The zero-order valence-corrected chi connectivity index (χ0v) is 12.8. The van der Waals surface area contributed by atoms with Crippen molar-refractivity contribution >= 4 is 0 Å². The van der Waals surface area contributed by atoms with E-state index in [1.54, 1.807) is 0 Å². The average Bonchev–Trinajstić information content (AvgIpc) is 2.36. The molecule has 1 nitrogen and oxygen atoms in total. The van der Waals surface area contributed by atoms with Gasteiger partial charge >= 0.3 is 0 Å². The Bertz CT molecular complexity index is 387. The Balaban J connectivity index is 1.71. The van der Waals surface area contributed by atoms with Gasteiger partial charge in [-0.3, -0.25) is 0 Å². The lowest BCUT2D eigenvalue weighted by atomic mass is 9.67. The molecule has 0 aromatic heterocycles. The topological polar surface area (TPSA) is 12.0 Å². The maximum absolute atomic E-state index is 3.76. The van der Waals surface area contributed by atoms with E-state index in [1.165, 1.54) is 56.2 Å². The van der Waals surface area contributed by atoms with E-state index in [1.807, 2.05) is 0 Å². The molecule has 0 saturated heterocycles. The zero-order chi connectivity index (χ0) is 13.7. The molecule has 1 heteroatoms. The maximum Gasteiger partial charge on any atom is 0.00421 e. The highest BCUT2D eigenvalue weighted by Crippen LogP contribution is 2.43. The third-order valence-corrected chi connectivity index (χ3v) is 4.94. The van der Waals surface area contributed by atoms with Crippen LogP contribution < -0.4 is 5.32 Å². The van der Waals surface area contributed by atoms with Gasteiger partial charge in [0.05, 0.1) is 0 Å². The minimum atomic E-state index is 0.629. The summed E-state index contributed by atoms with van der Waals surface area (Å²) in [7, 11) is 0. The Hall–Kier alpha value is -0.820. The fraction of sp³-hybridized carbons (Fsp3) is 0.667. The van der Waals surface area contributed by atoms with Crippen molar-refractivity contribution in [1.29, 1.82) is 0 Å². The van der Waals surface area contributed by atoms with Crippen molar-refractivity contribution in [2.24, 2.45) is 5.41 Å². The number of benzene rings is 1. The number of rotatable bonds is 7. The van der Waals surface area contributed by atoms with Crippen LogP contribution in [0.1, 0.15) is 57.1 Å². The van der Waals surface area contributed by atoms with E-state index in [4.69, 9.17) is 0 Å². The molecule has 1 aromatic carbocycles. The van der Waals surface area contributed by atoms with Crippen molar-refractivity contribution in [2.75, 3.05) is 6.54 Å². The Kier molecular flexibility index (Phi) is 5.04. The van der Waals surface area contributed by atoms with Crippen LogP contribution in [0.3, 0.4) is 0 Å². The standard InChI is InChI=1S/C18H29N/c1-4-18(11-6-12-18)14-19-16(3)9-10-17-8-5-7-15(2)13-17/h5,7-8,13,16,19H,4,6,9-12,14H2,1-3H3. The van der Waals surface area contributed by atoms with Gasteiger partial charge in [-0.25, -0.2) is 0 Å². The van der Waals surface area contributed by atoms with Gasteiger partial charge in [0.2, 0.25) is 0 Å². The third-order valence-electron chi connectivity index (χ3n) is 4.94. The Morgan fingerprint density at radius 1 is 1.32 bits per heavy atom. The van der Waals surface area contributed by atoms with E-state index >= 15 is 0 Å². The highest BCUT2D eigenvalue weighted by Gasteiger charge is 2.34. The van der Waals surface area contributed by atoms with Crippen LogP contribution >= 0.6 is 0 Å². The number of aryl methyl sites for hydroxylation is 2. The first-order valence-electron chi connectivity index (χ1n) is 7.92.